The van der Waals surface area contributed by atoms with Crippen molar-refractivity contribution in [3.8, 4) is 22.5 Å². The predicted molar refractivity (Wildman–Crippen MR) is 154 cm³/mol. The van der Waals surface area contributed by atoms with Gasteiger partial charge in [0.25, 0.3) is 11.1 Å². The molecule has 0 bridgehead atoms. The number of anilines is 1. The van der Waals surface area contributed by atoms with Gasteiger partial charge < -0.3 is 14.4 Å². The van der Waals surface area contributed by atoms with Crippen LogP contribution in [0.5, 0.6) is 0 Å². The normalized spacial score (nSPS) is 14.2. The van der Waals surface area contributed by atoms with Crippen LogP contribution in [0.25, 0.3) is 22.5 Å². The third-order valence-electron chi connectivity index (χ3n) is 7.27. The topological polar surface area (TPSA) is 153 Å². The van der Waals surface area contributed by atoms with E-state index in [1.807, 2.05) is 6.07 Å². The van der Waals surface area contributed by atoms with E-state index in [1.54, 1.807) is 53.1 Å². The van der Waals surface area contributed by atoms with Crippen LogP contribution in [0.2, 0.25) is 5.02 Å². The first kappa shape index (κ1) is 27.2. The number of carbonyl (C=O) groups is 1. The number of nitrogens with zero attached hydrogens (tertiary/aromatic N) is 7. The summed E-state index contributed by atoms with van der Waals surface area (Å²) in [5, 5.41) is 24.6. The zero-order valence-corrected chi connectivity index (χ0v) is 23.1. The summed E-state index contributed by atoms with van der Waals surface area (Å²) in [5.41, 5.74) is 3.99. The summed E-state index contributed by atoms with van der Waals surface area (Å²) in [6.07, 6.45) is 1.62. The smallest absolute Gasteiger partial charge is 0.411 e. The fraction of sp³-hybridized carbons (Fsp3) is 0.214. The van der Waals surface area contributed by atoms with Gasteiger partial charge in [0.1, 0.15) is 6.33 Å². The number of amides is 1. The van der Waals surface area contributed by atoms with E-state index in [-0.39, 0.29) is 30.3 Å². The number of pyridine rings is 1. The molecule has 0 saturated heterocycles. The highest BCUT2D eigenvalue weighted by molar-refractivity contribution is 6.31. The van der Waals surface area contributed by atoms with E-state index in [4.69, 9.17) is 16.3 Å². The van der Waals surface area contributed by atoms with E-state index >= 15 is 0 Å². The number of nitrogens with one attached hydrogen (secondary N) is 1. The molecule has 1 aliphatic heterocycles. The molecule has 0 spiro atoms. The van der Waals surface area contributed by atoms with Crippen molar-refractivity contribution in [2.45, 2.75) is 18.9 Å². The maximum Gasteiger partial charge on any atom is 0.411 e. The molecule has 0 aliphatic carbocycles. The van der Waals surface area contributed by atoms with Gasteiger partial charge in [-0.1, -0.05) is 11.6 Å². The van der Waals surface area contributed by atoms with Gasteiger partial charge in [-0.15, -0.1) is 5.10 Å². The molecule has 0 saturated carbocycles. The lowest BCUT2D eigenvalue weighted by Crippen LogP contribution is -2.32. The number of aromatic amines is 1. The Bertz CT molecular complexity index is 1880. The second kappa shape index (κ2) is 11.1. The lowest BCUT2D eigenvalue weighted by molar-refractivity contribution is 0.186. The fourth-order valence-corrected chi connectivity index (χ4v) is 5.50. The lowest BCUT2D eigenvalue weighted by Gasteiger charge is -2.19. The highest BCUT2D eigenvalue weighted by Gasteiger charge is 2.28. The van der Waals surface area contributed by atoms with Gasteiger partial charge in [0.05, 0.1) is 36.3 Å². The monoisotopic (exact) mass is 588 g/mol. The Morgan fingerprint density at radius 1 is 1.12 bits per heavy atom. The van der Waals surface area contributed by atoms with E-state index in [0.717, 1.165) is 5.69 Å². The number of fused-ring (bicyclic) bond motifs is 1. The van der Waals surface area contributed by atoms with Gasteiger partial charge in [0.15, 0.2) is 0 Å². The quantitative estimate of drug-likeness (QED) is 0.280. The number of hydrogen-bond donors (Lipinski definition) is 2. The number of H-pyrrole nitrogens is 1. The van der Waals surface area contributed by atoms with Gasteiger partial charge in [-0.05, 0) is 77.4 Å². The zero-order chi connectivity index (χ0) is 29.4. The van der Waals surface area contributed by atoms with Gasteiger partial charge in [0.2, 0.25) is 0 Å². The van der Waals surface area contributed by atoms with E-state index in [0.29, 0.717) is 51.7 Å². The van der Waals surface area contributed by atoms with Crippen molar-refractivity contribution in [3.63, 3.8) is 0 Å². The van der Waals surface area contributed by atoms with E-state index in [2.05, 4.69) is 20.6 Å². The number of rotatable bonds is 8. The summed E-state index contributed by atoms with van der Waals surface area (Å²) in [4.78, 5) is 39.3. The zero-order valence-electron chi connectivity index (χ0n) is 22.3. The van der Waals surface area contributed by atoms with Crippen molar-refractivity contribution in [2.75, 3.05) is 25.2 Å². The van der Waals surface area contributed by atoms with Crippen molar-refractivity contribution in [2.24, 2.45) is 0 Å². The molecule has 2 N–H and O–H groups in total. The largest absolute Gasteiger partial charge is 0.465 e. The standard InChI is InChI=1S/C28H25ClN8O5/c1-42-11-10-34(28(40)41)19-3-5-20(6-4-19)37-27(39)15-23(31-37)25-9-7-21-12-17(13-26(38)36(21)25)22-14-18(29)2-8-24(22)35-16-30-32-33-35/h2-6,8,12-16,25,31H,7,9-11H2,1H3,(H,40,41)/t25-/m0/s1. The number of carboxylic acid groups (broad SMARTS) is 1. The van der Waals surface area contributed by atoms with E-state index in [9.17, 15) is 19.5 Å². The number of methoxy groups -OCH3 is 1. The van der Waals surface area contributed by atoms with Gasteiger partial charge >= 0.3 is 6.09 Å². The van der Waals surface area contributed by atoms with Crippen LogP contribution in [0, 0.1) is 0 Å². The molecule has 13 nitrogen and oxygen atoms in total. The Hall–Kier alpha value is -5.01. The molecule has 3 aromatic heterocycles. The van der Waals surface area contributed by atoms with Gasteiger partial charge in [-0.25, -0.2) is 9.48 Å². The first-order valence-electron chi connectivity index (χ1n) is 13.0. The molecular weight excluding hydrogens is 564 g/mol. The Labute approximate surface area is 243 Å². The molecular formula is C28H25ClN8O5. The minimum Gasteiger partial charge on any atom is -0.465 e. The second-order valence-corrected chi connectivity index (χ2v) is 10.2. The molecule has 0 fully saturated rings. The van der Waals surface area contributed by atoms with Crippen LogP contribution in [0.3, 0.4) is 0 Å². The van der Waals surface area contributed by atoms with Crippen LogP contribution in [0.4, 0.5) is 10.5 Å². The number of halogens is 1. The summed E-state index contributed by atoms with van der Waals surface area (Å²) in [7, 11) is 1.50. The Morgan fingerprint density at radius 3 is 2.64 bits per heavy atom. The van der Waals surface area contributed by atoms with Crippen LogP contribution >= 0.6 is 11.6 Å². The van der Waals surface area contributed by atoms with Gasteiger partial charge in [-0.2, -0.15) is 4.68 Å². The van der Waals surface area contributed by atoms with Crippen molar-refractivity contribution in [3.05, 3.63) is 104 Å². The molecule has 5 aromatic rings. The van der Waals surface area contributed by atoms with Gasteiger partial charge in [-0.3, -0.25) is 19.6 Å². The first-order chi connectivity index (χ1) is 20.3. The van der Waals surface area contributed by atoms with Crippen LogP contribution in [-0.2, 0) is 11.2 Å². The van der Waals surface area contributed by atoms with Crippen LogP contribution in [0.1, 0.15) is 23.9 Å². The third-order valence-corrected chi connectivity index (χ3v) is 7.50. The Balaban J connectivity index is 1.31. The highest BCUT2D eigenvalue weighted by atomic mass is 35.5. The summed E-state index contributed by atoms with van der Waals surface area (Å²) in [6, 6.07) is 16.5. The number of tetrazole rings is 1. The maximum atomic E-state index is 13.5. The van der Waals surface area contributed by atoms with Crippen molar-refractivity contribution in [1.82, 2.24) is 34.6 Å². The van der Waals surface area contributed by atoms with Crippen molar-refractivity contribution < 1.29 is 14.6 Å². The number of aryl methyl sites for hydroxylation is 1. The van der Waals surface area contributed by atoms with Crippen LogP contribution in [-0.4, -0.2) is 66.0 Å². The summed E-state index contributed by atoms with van der Waals surface area (Å²) < 4.78 is 9.59. The van der Waals surface area contributed by atoms with E-state index < -0.39 is 6.09 Å². The molecule has 1 atom stereocenters. The Morgan fingerprint density at radius 2 is 1.93 bits per heavy atom. The average Bonchev–Trinajstić information content (AvgIpc) is 3.74. The second-order valence-electron chi connectivity index (χ2n) is 9.74. The van der Waals surface area contributed by atoms with E-state index in [1.165, 1.54) is 33.8 Å². The molecule has 0 radical (unpaired) electrons. The maximum absolute atomic E-state index is 13.5. The molecule has 14 heteroatoms. The molecule has 1 aliphatic rings. The fourth-order valence-electron chi connectivity index (χ4n) is 5.33. The summed E-state index contributed by atoms with van der Waals surface area (Å²) in [5.74, 6) is 0. The summed E-state index contributed by atoms with van der Waals surface area (Å²) >= 11 is 6.30. The predicted octanol–water partition coefficient (Wildman–Crippen LogP) is 3.29. The number of ether oxygens (including phenoxy) is 1. The summed E-state index contributed by atoms with van der Waals surface area (Å²) in [6.45, 7) is 0.419. The van der Waals surface area contributed by atoms with Crippen LogP contribution < -0.4 is 16.0 Å². The van der Waals surface area contributed by atoms with Crippen molar-refractivity contribution in [1.29, 1.82) is 0 Å². The molecule has 2 aromatic carbocycles. The molecule has 6 rings (SSSR count). The SMILES string of the molecule is COCCN(C(=O)O)c1ccc(-n2[nH]c([C@@H]3CCc4cc(-c5cc(Cl)ccc5-n5cnnn5)cc(=O)n43)cc2=O)cc1. The molecule has 4 heterocycles. The third kappa shape index (κ3) is 4.99. The number of hydrogen-bond acceptors (Lipinski definition) is 7. The highest BCUT2D eigenvalue weighted by Crippen LogP contribution is 2.34. The molecule has 214 valence electrons. The molecule has 0 unspecified atom stereocenters. The number of benzene rings is 2. The minimum absolute atomic E-state index is 0.172. The molecule has 42 heavy (non-hydrogen) atoms. The molecule has 1 amide bonds. The first-order valence-corrected chi connectivity index (χ1v) is 13.4. The number of aromatic nitrogens is 7. The minimum atomic E-state index is -1.10. The van der Waals surface area contributed by atoms with Crippen molar-refractivity contribution >= 4 is 23.4 Å². The lowest BCUT2D eigenvalue weighted by atomic mass is 10.0. The Kier molecular flexibility index (Phi) is 7.19. The van der Waals surface area contributed by atoms with Crippen LogP contribution in [0.15, 0.2) is 76.6 Å². The van der Waals surface area contributed by atoms with Gasteiger partial charge in [0, 0.05) is 41.2 Å². The average molecular weight is 589 g/mol.